The second-order valence-corrected chi connectivity index (χ2v) is 14.3. The highest BCUT2D eigenvalue weighted by atomic mass is 16.5. The third-order valence-corrected chi connectivity index (χ3v) is 11.6. The lowest BCUT2D eigenvalue weighted by Gasteiger charge is -2.40. The molecule has 12 rings (SSSR count). The minimum atomic E-state index is -0.915. The van der Waals surface area contributed by atoms with Gasteiger partial charge in [-0.3, -0.25) is 15.0 Å². The number of fused-ring (bicyclic) bond motifs is 15. The van der Waals surface area contributed by atoms with Crippen LogP contribution in [0.1, 0.15) is 33.4 Å². The van der Waals surface area contributed by atoms with Gasteiger partial charge in [0.15, 0.2) is 0 Å². The van der Waals surface area contributed by atoms with Crippen LogP contribution >= 0.6 is 0 Å². The molecule has 258 valence electrons. The number of benzene rings is 5. The average molecular weight is 716 g/mol. The third-order valence-electron chi connectivity index (χ3n) is 11.6. The molecule has 0 radical (unpaired) electrons. The second-order valence-electron chi connectivity index (χ2n) is 14.3. The summed E-state index contributed by atoms with van der Waals surface area (Å²) < 4.78 is 11.4. The zero-order valence-corrected chi connectivity index (χ0v) is 29.5. The lowest BCUT2D eigenvalue weighted by atomic mass is 9.65. The quantitative estimate of drug-likeness (QED) is 0.176. The van der Waals surface area contributed by atoms with Crippen molar-refractivity contribution in [2.45, 2.75) is 5.41 Å². The summed E-state index contributed by atoms with van der Waals surface area (Å²) in [6.07, 6.45) is 7.54. The molecule has 2 aliphatic rings. The van der Waals surface area contributed by atoms with Crippen molar-refractivity contribution in [3.05, 3.63) is 186 Å². The number of aromatic nitrogens is 5. The van der Waals surface area contributed by atoms with Crippen molar-refractivity contribution in [1.82, 2.24) is 24.1 Å². The summed E-state index contributed by atoms with van der Waals surface area (Å²) >= 11 is 0. The van der Waals surface area contributed by atoms with Crippen LogP contribution in [0.4, 0.5) is 0 Å². The van der Waals surface area contributed by atoms with Crippen molar-refractivity contribution in [1.29, 1.82) is 10.5 Å². The number of hydrogen-bond donors (Lipinski definition) is 0. The van der Waals surface area contributed by atoms with Gasteiger partial charge in [-0.25, -0.2) is 0 Å². The Balaban J connectivity index is 1.24. The Kier molecular flexibility index (Phi) is 5.96. The molecule has 5 aromatic carbocycles. The first-order valence-corrected chi connectivity index (χ1v) is 18.3. The van der Waals surface area contributed by atoms with Crippen molar-refractivity contribution in [3.8, 4) is 46.4 Å². The average Bonchev–Trinajstić information content (AvgIpc) is 3.87. The fourth-order valence-corrected chi connectivity index (χ4v) is 9.46. The molecule has 6 heterocycles. The number of rotatable bonds is 2. The maximum absolute atomic E-state index is 9.94. The highest BCUT2D eigenvalue weighted by molar-refractivity contribution is 6.11. The van der Waals surface area contributed by atoms with E-state index < -0.39 is 5.41 Å². The van der Waals surface area contributed by atoms with E-state index in [4.69, 9.17) is 14.7 Å². The fourth-order valence-electron chi connectivity index (χ4n) is 9.46. The van der Waals surface area contributed by atoms with Crippen LogP contribution in [0.2, 0.25) is 0 Å². The van der Waals surface area contributed by atoms with Crippen molar-refractivity contribution < 1.29 is 4.74 Å². The van der Waals surface area contributed by atoms with Crippen LogP contribution in [-0.4, -0.2) is 24.1 Å². The van der Waals surface area contributed by atoms with Gasteiger partial charge in [-0.05, 0) is 84.4 Å². The molecule has 56 heavy (non-hydrogen) atoms. The molecule has 0 saturated carbocycles. The number of ether oxygens (including phenoxy) is 1. The van der Waals surface area contributed by atoms with Gasteiger partial charge in [-0.15, -0.1) is 0 Å². The summed E-state index contributed by atoms with van der Waals surface area (Å²) in [5.74, 6) is 1.47. The molecule has 0 bridgehead atoms. The van der Waals surface area contributed by atoms with E-state index in [2.05, 4.69) is 86.9 Å². The van der Waals surface area contributed by atoms with Gasteiger partial charge in [0.05, 0.1) is 85.9 Å². The Morgan fingerprint density at radius 2 is 1.21 bits per heavy atom. The Morgan fingerprint density at radius 1 is 0.518 bits per heavy atom. The van der Waals surface area contributed by atoms with E-state index in [1.807, 2.05) is 91.5 Å². The van der Waals surface area contributed by atoms with Crippen LogP contribution in [0.25, 0.3) is 66.4 Å². The summed E-state index contributed by atoms with van der Waals surface area (Å²) in [5.41, 5.74) is 11.4. The first kappa shape index (κ1) is 30.4. The van der Waals surface area contributed by atoms with Crippen molar-refractivity contribution >= 4 is 43.6 Å². The van der Waals surface area contributed by atoms with Crippen molar-refractivity contribution in [3.63, 3.8) is 0 Å². The van der Waals surface area contributed by atoms with Gasteiger partial charge >= 0.3 is 0 Å². The SMILES string of the molecule is N#Cc1ccc2c(c1)c1cc(C#N)ccc1n2-c1cccc2c1C1(c3ccccc3O2)c2cccnc2-c2ncc(-n3c4ccccc4c4ccncc43)cc21. The zero-order valence-electron chi connectivity index (χ0n) is 29.5. The van der Waals surface area contributed by atoms with Crippen LogP contribution in [0, 0.1) is 22.7 Å². The highest BCUT2D eigenvalue weighted by Crippen LogP contribution is 2.63. The number of nitriles is 2. The van der Waals surface area contributed by atoms with Crippen LogP contribution in [-0.2, 0) is 5.41 Å². The Labute approximate surface area is 319 Å². The summed E-state index contributed by atoms with van der Waals surface area (Å²) in [4.78, 5) is 14.9. The molecule has 5 aromatic heterocycles. The van der Waals surface area contributed by atoms with E-state index in [0.29, 0.717) is 16.9 Å². The van der Waals surface area contributed by atoms with Gasteiger partial charge in [0.1, 0.15) is 11.5 Å². The van der Waals surface area contributed by atoms with Crippen LogP contribution < -0.4 is 4.74 Å². The standard InChI is InChI=1S/C48H25N7O/c49-24-28-14-16-39-33(21-28)34-22-29(25-50)15-17-40(34)55(39)41-11-5-13-44-45(41)48(35-8-2-4-12-43(35)56-44)36-9-6-19-52-46(36)47-37(48)23-30(26-53-47)54-38-10-3-1-7-31(38)32-18-20-51-27-42(32)54/h1-23,26-27H. The lowest BCUT2D eigenvalue weighted by Crippen LogP contribution is -2.33. The van der Waals surface area contributed by atoms with Gasteiger partial charge < -0.3 is 13.9 Å². The molecule has 0 amide bonds. The van der Waals surface area contributed by atoms with Gasteiger partial charge in [-0.2, -0.15) is 10.5 Å². The van der Waals surface area contributed by atoms with Crippen LogP contribution in [0.15, 0.2) is 152 Å². The monoisotopic (exact) mass is 715 g/mol. The van der Waals surface area contributed by atoms with Gasteiger partial charge in [0.2, 0.25) is 0 Å². The molecular formula is C48H25N7O. The highest BCUT2D eigenvalue weighted by Gasteiger charge is 2.54. The molecule has 0 N–H and O–H groups in total. The molecule has 0 saturated heterocycles. The van der Waals surface area contributed by atoms with E-state index in [9.17, 15) is 10.5 Å². The van der Waals surface area contributed by atoms with Crippen LogP contribution in [0.3, 0.4) is 0 Å². The summed E-state index contributed by atoms with van der Waals surface area (Å²) in [7, 11) is 0. The maximum Gasteiger partial charge on any atom is 0.134 e. The predicted molar refractivity (Wildman–Crippen MR) is 215 cm³/mol. The van der Waals surface area contributed by atoms with E-state index >= 15 is 0 Å². The van der Waals surface area contributed by atoms with Gasteiger partial charge in [0, 0.05) is 50.6 Å². The van der Waals surface area contributed by atoms with Gasteiger partial charge in [0.25, 0.3) is 0 Å². The Hall–Kier alpha value is -8.07. The van der Waals surface area contributed by atoms with Crippen LogP contribution in [0.5, 0.6) is 11.5 Å². The topological polar surface area (TPSA) is 105 Å². The lowest BCUT2D eigenvalue weighted by molar-refractivity contribution is 0.435. The largest absolute Gasteiger partial charge is 0.457 e. The predicted octanol–water partition coefficient (Wildman–Crippen LogP) is 10.3. The molecule has 8 heteroatoms. The zero-order chi connectivity index (χ0) is 37.1. The Bertz CT molecular complexity index is 3330. The number of hydrogen-bond acceptors (Lipinski definition) is 6. The first-order valence-electron chi connectivity index (χ1n) is 18.3. The minimum Gasteiger partial charge on any atom is -0.457 e. The Morgan fingerprint density at radius 3 is 2.04 bits per heavy atom. The molecular weight excluding hydrogens is 691 g/mol. The number of pyridine rings is 3. The van der Waals surface area contributed by atoms with E-state index in [1.165, 1.54) is 0 Å². The molecule has 8 nitrogen and oxygen atoms in total. The molecule has 1 atom stereocenters. The van der Waals surface area contributed by atoms with E-state index in [1.54, 1.807) is 0 Å². The van der Waals surface area contributed by atoms with Crippen molar-refractivity contribution in [2.24, 2.45) is 0 Å². The normalized spacial score (nSPS) is 15.0. The van der Waals surface area contributed by atoms with E-state index in [0.717, 1.165) is 94.4 Å². The number of nitrogens with zero attached hydrogens (tertiary/aromatic N) is 7. The molecule has 1 aliphatic carbocycles. The molecule has 10 aromatic rings. The van der Waals surface area contributed by atoms with Crippen molar-refractivity contribution in [2.75, 3.05) is 0 Å². The smallest absolute Gasteiger partial charge is 0.134 e. The van der Waals surface area contributed by atoms with E-state index in [-0.39, 0.29) is 0 Å². The second kappa shape index (κ2) is 11.0. The number of para-hydroxylation sites is 2. The molecule has 1 spiro atoms. The first-order chi connectivity index (χ1) is 27.7. The third kappa shape index (κ3) is 3.76. The minimum absolute atomic E-state index is 0.548. The molecule has 1 unspecified atom stereocenters. The molecule has 0 fully saturated rings. The summed E-state index contributed by atoms with van der Waals surface area (Å²) in [5, 5.41) is 23.9. The maximum atomic E-state index is 9.94. The fraction of sp³-hybridized carbons (Fsp3) is 0.0208. The summed E-state index contributed by atoms with van der Waals surface area (Å²) in [6, 6.07) is 47.5. The summed E-state index contributed by atoms with van der Waals surface area (Å²) in [6.45, 7) is 0. The van der Waals surface area contributed by atoms with Gasteiger partial charge in [-0.1, -0.05) is 48.5 Å². The molecule has 1 aliphatic heterocycles.